The number of aliphatic carboxylic acids is 1. The predicted molar refractivity (Wildman–Crippen MR) is 117 cm³/mol. The summed E-state index contributed by atoms with van der Waals surface area (Å²) in [5.74, 6) is -0.546. The van der Waals surface area contributed by atoms with Gasteiger partial charge >= 0.3 is 5.97 Å². The molecule has 0 spiro atoms. The number of hydrogen-bond donors (Lipinski definition) is 2. The van der Waals surface area contributed by atoms with Gasteiger partial charge in [0, 0.05) is 11.4 Å². The summed E-state index contributed by atoms with van der Waals surface area (Å²) in [5.41, 5.74) is 4.79. The molecule has 1 aromatic heterocycles. The van der Waals surface area contributed by atoms with Gasteiger partial charge in [-0.2, -0.15) is 5.10 Å². The number of methoxy groups -OCH3 is 1. The molecule has 0 aliphatic heterocycles. The first-order chi connectivity index (χ1) is 13.8. The van der Waals surface area contributed by atoms with Crippen LogP contribution in [0.2, 0.25) is 0 Å². The molecule has 0 atom stereocenters. The normalized spacial score (nSPS) is 10.8. The minimum absolute atomic E-state index is 0.128. The number of hydrazone groups is 1. The highest BCUT2D eigenvalue weighted by Crippen LogP contribution is 2.33. The average molecular weight is 530 g/mol. The van der Waals surface area contributed by atoms with Gasteiger partial charge in [0.05, 0.1) is 22.6 Å². The molecule has 0 radical (unpaired) electrons. The summed E-state index contributed by atoms with van der Waals surface area (Å²) in [4.78, 5) is 31.2. The van der Waals surface area contributed by atoms with Gasteiger partial charge in [0.15, 0.2) is 23.3 Å². The number of amides is 1. The van der Waals surface area contributed by atoms with Crippen molar-refractivity contribution < 1.29 is 24.2 Å². The lowest BCUT2D eigenvalue weighted by atomic mass is 10.2. The van der Waals surface area contributed by atoms with Crippen LogP contribution < -0.4 is 14.9 Å². The van der Waals surface area contributed by atoms with Crippen molar-refractivity contribution in [2.24, 2.45) is 5.10 Å². The van der Waals surface area contributed by atoms with E-state index >= 15 is 0 Å². The second-order valence-electron chi connectivity index (χ2n) is 5.73. The molecule has 2 rings (SSSR count). The Morgan fingerprint density at radius 3 is 2.59 bits per heavy atom. The van der Waals surface area contributed by atoms with Gasteiger partial charge in [-0.25, -0.2) is 20.2 Å². The number of rotatable bonds is 9. The fourth-order valence-corrected chi connectivity index (χ4v) is 3.71. The number of thioether (sulfide) groups is 1. The van der Waals surface area contributed by atoms with E-state index in [1.54, 1.807) is 12.1 Å². The molecule has 1 aromatic carbocycles. The molecule has 0 unspecified atom stereocenters. The van der Waals surface area contributed by atoms with E-state index in [9.17, 15) is 9.59 Å². The molecule has 29 heavy (non-hydrogen) atoms. The number of carboxylic acid groups (broad SMARTS) is 1. The van der Waals surface area contributed by atoms with Gasteiger partial charge in [-0.05, 0) is 60.2 Å². The fraction of sp³-hybridized carbons (Fsp3) is 0.278. The van der Waals surface area contributed by atoms with Gasteiger partial charge in [0.2, 0.25) is 0 Å². The number of nitrogens with zero attached hydrogens (tertiary/aromatic N) is 3. The first-order valence-corrected chi connectivity index (χ1v) is 10.3. The number of halogens is 1. The topological polar surface area (TPSA) is 123 Å². The minimum atomic E-state index is -1.08. The molecule has 2 N–H and O–H groups in total. The fourth-order valence-electron chi connectivity index (χ4n) is 2.19. The lowest BCUT2D eigenvalue weighted by Crippen LogP contribution is -2.19. The summed E-state index contributed by atoms with van der Waals surface area (Å²) in [5, 5.41) is 13.2. The van der Waals surface area contributed by atoms with Crippen LogP contribution in [-0.2, 0) is 9.59 Å². The number of aromatic nitrogens is 2. The third-order valence-corrected chi connectivity index (χ3v) is 4.94. The van der Waals surface area contributed by atoms with Gasteiger partial charge in [-0.15, -0.1) is 0 Å². The number of ether oxygens (including phenoxy) is 2. The van der Waals surface area contributed by atoms with Crippen molar-refractivity contribution in [2.75, 3.05) is 19.5 Å². The van der Waals surface area contributed by atoms with Crippen molar-refractivity contribution in [1.29, 1.82) is 0 Å². The maximum Gasteiger partial charge on any atom is 0.341 e. The molecule has 9 nitrogen and oxygen atoms in total. The van der Waals surface area contributed by atoms with Crippen LogP contribution in [0, 0.1) is 17.4 Å². The van der Waals surface area contributed by atoms with E-state index in [1.807, 2.05) is 42.5 Å². The number of hydrogen-bond acceptors (Lipinski definition) is 8. The Kier molecular flexibility index (Phi) is 8.64. The van der Waals surface area contributed by atoms with Crippen molar-refractivity contribution in [3.05, 3.63) is 38.7 Å². The molecule has 2 aromatic rings. The molecular formula is C18H19IN4O5S. The summed E-state index contributed by atoms with van der Waals surface area (Å²) in [7, 11) is 1.45. The van der Waals surface area contributed by atoms with Gasteiger partial charge < -0.3 is 14.6 Å². The highest BCUT2D eigenvalue weighted by Gasteiger charge is 2.13. The Morgan fingerprint density at radius 2 is 1.97 bits per heavy atom. The van der Waals surface area contributed by atoms with Crippen LogP contribution in [0.5, 0.6) is 11.5 Å². The van der Waals surface area contributed by atoms with Crippen LogP contribution in [0.15, 0.2) is 28.5 Å². The van der Waals surface area contributed by atoms with E-state index in [1.165, 1.54) is 25.1 Å². The molecule has 0 saturated carbocycles. The van der Waals surface area contributed by atoms with Crippen LogP contribution in [-0.4, -0.2) is 52.6 Å². The van der Waals surface area contributed by atoms with Crippen LogP contribution in [0.3, 0.4) is 0 Å². The third-order valence-electron chi connectivity index (χ3n) is 3.29. The van der Waals surface area contributed by atoms with Crippen molar-refractivity contribution >= 4 is 52.4 Å². The van der Waals surface area contributed by atoms with E-state index < -0.39 is 12.6 Å². The highest BCUT2D eigenvalue weighted by atomic mass is 127. The zero-order chi connectivity index (χ0) is 21.4. The van der Waals surface area contributed by atoms with Crippen molar-refractivity contribution in [1.82, 2.24) is 15.4 Å². The zero-order valence-electron chi connectivity index (χ0n) is 15.9. The second kappa shape index (κ2) is 11.0. The quantitative estimate of drug-likeness (QED) is 0.167. The van der Waals surface area contributed by atoms with Crippen LogP contribution in [0.4, 0.5) is 0 Å². The maximum absolute atomic E-state index is 12.0. The molecule has 1 amide bonds. The van der Waals surface area contributed by atoms with Crippen LogP contribution >= 0.6 is 34.4 Å². The Hall–Kier alpha value is -2.41. The second-order valence-corrected chi connectivity index (χ2v) is 7.84. The number of benzene rings is 1. The summed E-state index contributed by atoms with van der Waals surface area (Å²) < 4.78 is 11.1. The smallest absolute Gasteiger partial charge is 0.341 e. The molecule has 0 aliphatic rings. The summed E-state index contributed by atoms with van der Waals surface area (Å²) in [6, 6.07) is 5.23. The first-order valence-electron chi connectivity index (χ1n) is 8.27. The number of carbonyl (C=O) groups is 2. The average Bonchev–Trinajstić information content (AvgIpc) is 2.64. The van der Waals surface area contributed by atoms with E-state index in [0.29, 0.717) is 25.8 Å². The highest BCUT2D eigenvalue weighted by molar-refractivity contribution is 14.1. The molecule has 0 aliphatic carbocycles. The molecule has 0 bridgehead atoms. The Morgan fingerprint density at radius 1 is 1.28 bits per heavy atom. The largest absolute Gasteiger partial charge is 0.493 e. The third kappa shape index (κ3) is 7.49. The SMILES string of the molecule is COc1cc(/C=N\NC(=O)CSc2nc(C)cc(C)n2)cc(I)c1OCC(=O)O. The Bertz CT molecular complexity index is 918. The lowest BCUT2D eigenvalue weighted by Gasteiger charge is -2.12. The molecule has 1 heterocycles. The monoisotopic (exact) mass is 530 g/mol. The number of aryl methyl sites for hydroxylation is 2. The molecular weight excluding hydrogens is 511 g/mol. The zero-order valence-corrected chi connectivity index (χ0v) is 18.9. The maximum atomic E-state index is 12.0. The minimum Gasteiger partial charge on any atom is -0.493 e. The first kappa shape index (κ1) is 22.9. The summed E-state index contributed by atoms with van der Waals surface area (Å²) in [6.45, 7) is 3.27. The van der Waals surface area contributed by atoms with Crippen molar-refractivity contribution in [2.45, 2.75) is 19.0 Å². The molecule has 154 valence electrons. The summed E-state index contributed by atoms with van der Waals surface area (Å²) in [6.07, 6.45) is 1.46. The van der Waals surface area contributed by atoms with Crippen LogP contribution in [0.1, 0.15) is 17.0 Å². The summed E-state index contributed by atoms with van der Waals surface area (Å²) >= 11 is 3.24. The number of carboxylic acids is 1. The lowest BCUT2D eigenvalue weighted by molar-refractivity contribution is -0.139. The van der Waals surface area contributed by atoms with Gasteiger partial charge in [0.1, 0.15) is 0 Å². The molecule has 0 saturated heterocycles. The van der Waals surface area contributed by atoms with Gasteiger partial charge in [-0.3, -0.25) is 4.79 Å². The van der Waals surface area contributed by atoms with Crippen molar-refractivity contribution in [3.8, 4) is 11.5 Å². The number of nitrogens with one attached hydrogen (secondary N) is 1. The molecule has 0 fully saturated rings. The molecule has 11 heteroatoms. The van der Waals surface area contributed by atoms with Crippen LogP contribution in [0.25, 0.3) is 0 Å². The van der Waals surface area contributed by atoms with E-state index in [0.717, 1.165) is 11.4 Å². The number of carbonyl (C=O) groups excluding carboxylic acids is 1. The van der Waals surface area contributed by atoms with Crippen molar-refractivity contribution in [3.63, 3.8) is 0 Å². The van der Waals surface area contributed by atoms with E-state index in [4.69, 9.17) is 14.6 Å². The standard InChI is InChI=1S/C18H19IN4O5S/c1-10-4-11(2)22-18(21-10)29-9-15(24)23-20-7-12-5-13(19)17(14(6-12)27-3)28-8-16(25)26/h4-7H,8-9H2,1-3H3,(H,23,24)(H,25,26)/b20-7-. The predicted octanol–water partition coefficient (Wildman–Crippen LogP) is 2.41. The Balaban J connectivity index is 1.95. The Labute approximate surface area is 185 Å². The van der Waals surface area contributed by atoms with Gasteiger partial charge in [0.25, 0.3) is 5.91 Å². The van der Waals surface area contributed by atoms with E-state index in [2.05, 4.69) is 20.5 Å². The van der Waals surface area contributed by atoms with E-state index in [-0.39, 0.29) is 11.7 Å². The van der Waals surface area contributed by atoms with Gasteiger partial charge in [-0.1, -0.05) is 11.8 Å².